The number of pyridine rings is 2. The number of aromatic nitrogens is 2. The van der Waals surface area contributed by atoms with Crippen LogP contribution in [0.2, 0.25) is 10.0 Å². The number of carbonyl (C=O) groups is 2. The minimum absolute atomic E-state index is 0.0872. The fraction of sp³-hybridized carbons (Fsp3) is 0.400. The van der Waals surface area contributed by atoms with Crippen molar-refractivity contribution in [1.29, 1.82) is 0 Å². The quantitative estimate of drug-likeness (QED) is 0.102. The number of benzene rings is 2. The lowest BCUT2D eigenvalue weighted by Crippen LogP contribution is -2.38. The Bertz CT molecular complexity index is 2070. The third-order valence-electron chi connectivity index (χ3n) is 10.5. The molecule has 0 spiro atoms. The molecule has 13 heteroatoms. The highest BCUT2D eigenvalue weighted by Gasteiger charge is 2.50. The van der Waals surface area contributed by atoms with E-state index < -0.39 is 11.5 Å². The summed E-state index contributed by atoms with van der Waals surface area (Å²) in [5.41, 5.74) is 6.34. The van der Waals surface area contributed by atoms with Gasteiger partial charge in [-0.05, 0) is 73.8 Å². The van der Waals surface area contributed by atoms with E-state index in [0.717, 1.165) is 65.5 Å². The first kappa shape index (κ1) is 35.6. The van der Waals surface area contributed by atoms with E-state index in [1.165, 1.54) is 0 Å². The normalized spacial score (nSPS) is 19.8. The maximum absolute atomic E-state index is 11.7. The van der Waals surface area contributed by atoms with Gasteiger partial charge in [-0.15, -0.1) is 0 Å². The highest BCUT2D eigenvalue weighted by molar-refractivity contribution is 6.36. The highest BCUT2D eigenvalue weighted by Crippen LogP contribution is 2.45. The first-order chi connectivity index (χ1) is 25.7. The summed E-state index contributed by atoms with van der Waals surface area (Å²) in [6, 6.07) is 18.0. The van der Waals surface area contributed by atoms with Crippen molar-refractivity contribution in [2.75, 3.05) is 13.7 Å². The van der Waals surface area contributed by atoms with Crippen molar-refractivity contribution in [3.63, 3.8) is 0 Å². The van der Waals surface area contributed by atoms with E-state index in [-0.39, 0.29) is 36.6 Å². The number of halogens is 2. The maximum atomic E-state index is 11.7. The topological polar surface area (TPSA) is 144 Å². The molecule has 2 aromatic heterocycles. The van der Waals surface area contributed by atoms with Gasteiger partial charge in [-0.25, -0.2) is 4.98 Å². The standard InChI is InChI=1S/C40H41Cl2N5O6/c1-51-36-22(19-43-21-24-9-15-34(48)45-24)8-13-32(46-36)30-7-3-6-29(35(30)42)26-4-2-5-28-27(26)12-14-33(28)53-38-31(41)18-23(37(47-38)52-25-10-11-25)20-44-40(16-17-40)39(49)50/h2-8,13,18,24-25,33,43-44H,9-12,14-17,19-21H2,1H3,(H,45,48)(H,49,50)/t24-,33-/m0/s1. The Balaban J connectivity index is 1.01. The second kappa shape index (κ2) is 14.8. The van der Waals surface area contributed by atoms with E-state index in [2.05, 4.69) is 28.1 Å². The molecule has 2 aromatic carbocycles. The van der Waals surface area contributed by atoms with Crippen LogP contribution in [0.25, 0.3) is 22.4 Å². The predicted molar refractivity (Wildman–Crippen MR) is 201 cm³/mol. The second-order valence-electron chi connectivity index (χ2n) is 14.3. The molecule has 8 rings (SSSR count). The molecule has 2 saturated carbocycles. The van der Waals surface area contributed by atoms with Gasteiger partial charge < -0.3 is 30.0 Å². The van der Waals surface area contributed by atoms with E-state index in [1.807, 2.05) is 36.4 Å². The molecule has 3 fully saturated rings. The zero-order chi connectivity index (χ0) is 36.7. The number of carbonyl (C=O) groups excluding carboxylic acids is 1. The summed E-state index contributed by atoms with van der Waals surface area (Å²) in [7, 11) is 1.61. The van der Waals surface area contributed by atoms with Crippen LogP contribution in [0.4, 0.5) is 0 Å². The Morgan fingerprint density at radius 1 is 0.906 bits per heavy atom. The molecule has 1 amide bonds. The third-order valence-corrected chi connectivity index (χ3v) is 11.2. The second-order valence-corrected chi connectivity index (χ2v) is 15.1. The monoisotopic (exact) mass is 757 g/mol. The molecule has 3 aliphatic carbocycles. The zero-order valence-corrected chi connectivity index (χ0v) is 30.9. The van der Waals surface area contributed by atoms with Gasteiger partial charge in [0.15, 0.2) is 0 Å². The van der Waals surface area contributed by atoms with E-state index in [4.69, 9.17) is 47.4 Å². The van der Waals surface area contributed by atoms with Gasteiger partial charge in [-0.3, -0.25) is 14.9 Å². The number of fused-ring (bicyclic) bond motifs is 1. The smallest absolute Gasteiger partial charge is 0.323 e. The van der Waals surface area contributed by atoms with Gasteiger partial charge in [0.25, 0.3) is 0 Å². The van der Waals surface area contributed by atoms with Gasteiger partial charge in [0, 0.05) is 54.4 Å². The molecule has 0 bridgehead atoms. The van der Waals surface area contributed by atoms with E-state index in [0.29, 0.717) is 65.4 Å². The predicted octanol–water partition coefficient (Wildman–Crippen LogP) is 6.81. The molecule has 11 nitrogen and oxygen atoms in total. The van der Waals surface area contributed by atoms with Crippen LogP contribution in [0.3, 0.4) is 0 Å². The number of nitrogens with one attached hydrogen (secondary N) is 3. The van der Waals surface area contributed by atoms with Crippen molar-refractivity contribution < 1.29 is 28.9 Å². The van der Waals surface area contributed by atoms with Gasteiger partial charge in [0.05, 0.1) is 17.8 Å². The summed E-state index contributed by atoms with van der Waals surface area (Å²) >= 11 is 13.9. The first-order valence-corrected chi connectivity index (χ1v) is 18.9. The van der Waals surface area contributed by atoms with Crippen LogP contribution >= 0.6 is 23.2 Å². The Morgan fingerprint density at radius 3 is 2.43 bits per heavy atom. The number of carboxylic acid groups (broad SMARTS) is 1. The molecule has 4 aromatic rings. The van der Waals surface area contributed by atoms with Crippen molar-refractivity contribution in [1.82, 2.24) is 25.9 Å². The van der Waals surface area contributed by atoms with Crippen LogP contribution in [-0.4, -0.2) is 58.3 Å². The molecule has 0 unspecified atom stereocenters. The average molecular weight is 759 g/mol. The van der Waals surface area contributed by atoms with Crippen molar-refractivity contribution in [3.05, 3.63) is 86.9 Å². The Hall–Kier alpha value is -4.42. The molecular weight excluding hydrogens is 717 g/mol. The molecule has 276 valence electrons. The molecule has 1 saturated heterocycles. The van der Waals surface area contributed by atoms with Crippen molar-refractivity contribution in [2.24, 2.45) is 0 Å². The molecule has 2 atom stereocenters. The van der Waals surface area contributed by atoms with E-state index in [9.17, 15) is 14.7 Å². The average Bonchev–Trinajstić information content (AvgIpc) is 4.07. The van der Waals surface area contributed by atoms with Gasteiger partial charge in [-0.1, -0.05) is 65.7 Å². The number of rotatable bonds is 15. The molecule has 4 aliphatic rings. The van der Waals surface area contributed by atoms with Crippen molar-refractivity contribution in [3.8, 4) is 40.0 Å². The van der Waals surface area contributed by atoms with Crippen LogP contribution < -0.4 is 30.2 Å². The molecule has 3 heterocycles. The third kappa shape index (κ3) is 7.53. The molecular formula is C40H41Cl2N5O6. The summed E-state index contributed by atoms with van der Waals surface area (Å²) < 4.78 is 18.3. The Kier molecular flexibility index (Phi) is 9.93. The zero-order valence-electron chi connectivity index (χ0n) is 29.3. The van der Waals surface area contributed by atoms with Gasteiger partial charge in [0.1, 0.15) is 22.8 Å². The molecule has 4 N–H and O–H groups in total. The number of methoxy groups -OCH3 is 1. The Labute approximate surface area is 317 Å². The maximum Gasteiger partial charge on any atom is 0.323 e. The summed E-state index contributed by atoms with van der Waals surface area (Å²) in [5.74, 6) is 0.475. The fourth-order valence-corrected chi connectivity index (χ4v) is 7.75. The van der Waals surface area contributed by atoms with Crippen molar-refractivity contribution >= 4 is 35.1 Å². The minimum atomic E-state index is -0.894. The highest BCUT2D eigenvalue weighted by atomic mass is 35.5. The summed E-state index contributed by atoms with van der Waals surface area (Å²) in [6.07, 6.45) is 5.78. The number of amides is 1. The van der Waals surface area contributed by atoms with Crippen LogP contribution in [0.1, 0.15) is 73.3 Å². The lowest BCUT2D eigenvalue weighted by molar-refractivity contribution is -0.140. The SMILES string of the molecule is COc1nc(-c2cccc(-c3cccc4c3CC[C@@H]4Oc3nc(OC4CC4)c(CNC4(C(=O)O)CC4)cc3Cl)c2Cl)ccc1CNC[C@@H]1CCC(=O)N1. The summed E-state index contributed by atoms with van der Waals surface area (Å²) in [4.78, 5) is 32.8. The van der Waals surface area contributed by atoms with E-state index in [1.54, 1.807) is 13.2 Å². The van der Waals surface area contributed by atoms with E-state index >= 15 is 0 Å². The number of ether oxygens (including phenoxy) is 3. The summed E-state index contributed by atoms with van der Waals surface area (Å²) in [6.45, 7) is 1.51. The van der Waals surface area contributed by atoms with Crippen LogP contribution in [0.5, 0.6) is 17.6 Å². The van der Waals surface area contributed by atoms with Gasteiger partial charge in [0.2, 0.25) is 23.5 Å². The summed E-state index contributed by atoms with van der Waals surface area (Å²) in [5, 5.41) is 20.1. The van der Waals surface area contributed by atoms with Crippen LogP contribution in [-0.2, 0) is 29.1 Å². The van der Waals surface area contributed by atoms with Crippen LogP contribution in [0, 0.1) is 0 Å². The lowest BCUT2D eigenvalue weighted by Gasteiger charge is -2.19. The number of aliphatic carboxylic acids is 1. The lowest BCUT2D eigenvalue weighted by atomic mass is 9.94. The first-order valence-electron chi connectivity index (χ1n) is 18.2. The number of nitrogens with zero attached hydrogens (tertiary/aromatic N) is 2. The molecule has 0 radical (unpaired) electrons. The fourth-order valence-electron chi connectivity index (χ4n) is 7.21. The van der Waals surface area contributed by atoms with Crippen LogP contribution in [0.15, 0.2) is 54.6 Å². The molecule has 53 heavy (non-hydrogen) atoms. The van der Waals surface area contributed by atoms with Crippen molar-refractivity contribution in [2.45, 2.75) is 88.2 Å². The van der Waals surface area contributed by atoms with Gasteiger partial charge in [-0.2, -0.15) is 4.98 Å². The number of carboxylic acids is 1. The molecule has 1 aliphatic heterocycles. The van der Waals surface area contributed by atoms with Gasteiger partial charge >= 0.3 is 5.97 Å². The largest absolute Gasteiger partial charge is 0.481 e. The minimum Gasteiger partial charge on any atom is -0.481 e. The Morgan fingerprint density at radius 2 is 1.70 bits per heavy atom. The number of hydrogen-bond donors (Lipinski definition) is 4. The number of hydrogen-bond acceptors (Lipinski definition) is 9.